The predicted molar refractivity (Wildman–Crippen MR) is 71.9 cm³/mol. The zero-order valence-corrected chi connectivity index (χ0v) is 12.9. The topological polar surface area (TPSA) is 32.8 Å². The normalized spacial score (nSPS) is 25.1. The first-order valence-corrected chi connectivity index (χ1v) is 7.06. The molecule has 2 heterocycles. The van der Waals surface area contributed by atoms with Crippen LogP contribution in [0.1, 0.15) is 34.6 Å². The zero-order valence-electron chi connectivity index (χ0n) is 12.9. The highest BCUT2D eigenvalue weighted by molar-refractivity contribution is 5.69. The van der Waals surface area contributed by atoms with E-state index < -0.39 is 23.0 Å². The molecule has 6 heteroatoms. The highest BCUT2D eigenvalue weighted by Crippen LogP contribution is 2.50. The highest BCUT2D eigenvalue weighted by atomic mass is 19.3. The fourth-order valence-electron chi connectivity index (χ4n) is 2.82. The molecule has 0 aromatic heterocycles. The molecule has 0 N–H and O–H groups in total. The van der Waals surface area contributed by atoms with Gasteiger partial charge in [-0.1, -0.05) is 0 Å². The summed E-state index contributed by atoms with van der Waals surface area (Å²) in [4.78, 5) is 15.0. The van der Waals surface area contributed by atoms with E-state index in [1.54, 1.807) is 25.7 Å². The Hall–Kier alpha value is -0.910. The van der Waals surface area contributed by atoms with Crippen LogP contribution in [-0.2, 0) is 4.74 Å². The Labute approximate surface area is 119 Å². The Kier molecular flexibility index (Phi) is 3.52. The van der Waals surface area contributed by atoms with Gasteiger partial charge in [-0.3, -0.25) is 4.90 Å². The molecular formula is C14H24F2N2O2. The van der Waals surface area contributed by atoms with Gasteiger partial charge in [0.05, 0.1) is 12.0 Å². The molecule has 1 amide bonds. The van der Waals surface area contributed by atoms with Crippen molar-refractivity contribution >= 4 is 6.09 Å². The molecule has 0 saturated carbocycles. The van der Waals surface area contributed by atoms with Gasteiger partial charge in [-0.15, -0.1) is 0 Å². The van der Waals surface area contributed by atoms with Crippen molar-refractivity contribution in [2.24, 2.45) is 5.41 Å². The van der Waals surface area contributed by atoms with Crippen LogP contribution in [0.25, 0.3) is 0 Å². The number of likely N-dealkylation sites (tertiary alicyclic amines) is 2. The van der Waals surface area contributed by atoms with Gasteiger partial charge >= 0.3 is 6.09 Å². The lowest BCUT2D eigenvalue weighted by molar-refractivity contribution is -0.151. The van der Waals surface area contributed by atoms with E-state index in [2.05, 4.69) is 0 Å². The summed E-state index contributed by atoms with van der Waals surface area (Å²) >= 11 is 0. The number of alkyl halides is 2. The first kappa shape index (κ1) is 15.5. The van der Waals surface area contributed by atoms with Crippen molar-refractivity contribution in [3.05, 3.63) is 0 Å². The summed E-state index contributed by atoms with van der Waals surface area (Å²) in [6, 6.07) is 0.0934. The van der Waals surface area contributed by atoms with Crippen LogP contribution in [0.15, 0.2) is 0 Å². The largest absolute Gasteiger partial charge is 0.444 e. The Bertz CT molecular complexity index is 398. The van der Waals surface area contributed by atoms with E-state index in [9.17, 15) is 13.6 Å². The lowest BCUT2D eigenvalue weighted by Gasteiger charge is -2.50. The molecule has 2 fully saturated rings. The first-order chi connectivity index (χ1) is 8.96. The summed E-state index contributed by atoms with van der Waals surface area (Å²) in [6.45, 7) is 9.43. The molecule has 116 valence electrons. The van der Waals surface area contributed by atoms with E-state index in [-0.39, 0.29) is 25.7 Å². The molecule has 0 radical (unpaired) electrons. The van der Waals surface area contributed by atoms with Crippen LogP contribution in [0.3, 0.4) is 0 Å². The van der Waals surface area contributed by atoms with Gasteiger partial charge in [-0.2, -0.15) is 0 Å². The van der Waals surface area contributed by atoms with Crippen LogP contribution in [0.4, 0.5) is 13.6 Å². The molecule has 2 rings (SSSR count). The monoisotopic (exact) mass is 290 g/mol. The van der Waals surface area contributed by atoms with Crippen LogP contribution in [0.2, 0.25) is 0 Å². The standard InChI is InChI=1S/C14H24F2N2O2/c1-10(2)17-6-13(14(15,16)9-17)7-18(8-13)11(19)20-12(3,4)5/h10H,6-9H2,1-5H3. The SMILES string of the molecule is CC(C)N1CC(F)(F)C2(CN(C(=O)OC(C)(C)C)C2)C1. The summed E-state index contributed by atoms with van der Waals surface area (Å²) in [5.74, 6) is -2.74. The molecule has 2 saturated heterocycles. The third kappa shape index (κ3) is 2.62. The Balaban J connectivity index is 1.99. The summed E-state index contributed by atoms with van der Waals surface area (Å²) in [5, 5.41) is 0. The van der Waals surface area contributed by atoms with Crippen molar-refractivity contribution in [1.82, 2.24) is 9.80 Å². The molecule has 4 nitrogen and oxygen atoms in total. The van der Waals surface area contributed by atoms with Gasteiger partial charge in [0.1, 0.15) is 5.60 Å². The quantitative estimate of drug-likeness (QED) is 0.744. The van der Waals surface area contributed by atoms with Crippen molar-refractivity contribution in [3.63, 3.8) is 0 Å². The highest BCUT2D eigenvalue weighted by Gasteiger charge is 2.66. The summed E-state index contributed by atoms with van der Waals surface area (Å²) in [7, 11) is 0. The van der Waals surface area contributed by atoms with Crippen molar-refractivity contribution in [3.8, 4) is 0 Å². The maximum absolute atomic E-state index is 14.2. The lowest BCUT2D eigenvalue weighted by atomic mass is 9.76. The molecule has 2 aliphatic rings. The van der Waals surface area contributed by atoms with Gasteiger partial charge < -0.3 is 9.64 Å². The van der Waals surface area contributed by atoms with Crippen molar-refractivity contribution in [1.29, 1.82) is 0 Å². The van der Waals surface area contributed by atoms with E-state index in [0.29, 0.717) is 6.54 Å². The van der Waals surface area contributed by atoms with E-state index in [0.717, 1.165) is 0 Å². The Morgan fingerprint density at radius 2 is 1.70 bits per heavy atom. The van der Waals surface area contributed by atoms with Crippen LogP contribution in [0, 0.1) is 5.41 Å². The van der Waals surface area contributed by atoms with Crippen LogP contribution >= 0.6 is 0 Å². The van der Waals surface area contributed by atoms with Crippen molar-refractivity contribution in [2.75, 3.05) is 26.2 Å². The fourth-order valence-corrected chi connectivity index (χ4v) is 2.82. The number of carbonyl (C=O) groups excluding carboxylic acids is 1. The minimum Gasteiger partial charge on any atom is -0.444 e. The number of carbonyl (C=O) groups is 1. The smallest absolute Gasteiger partial charge is 0.410 e. The van der Waals surface area contributed by atoms with Gasteiger partial charge in [0.2, 0.25) is 0 Å². The average molecular weight is 290 g/mol. The van der Waals surface area contributed by atoms with Gasteiger partial charge in [0.15, 0.2) is 0 Å². The molecule has 0 bridgehead atoms. The van der Waals surface area contributed by atoms with E-state index in [4.69, 9.17) is 4.74 Å². The van der Waals surface area contributed by atoms with Gasteiger partial charge in [-0.05, 0) is 34.6 Å². The van der Waals surface area contributed by atoms with Gasteiger partial charge in [0.25, 0.3) is 5.92 Å². The number of halogens is 2. The minimum atomic E-state index is -2.74. The number of rotatable bonds is 1. The summed E-state index contributed by atoms with van der Waals surface area (Å²) < 4.78 is 33.6. The molecule has 0 aromatic rings. The molecule has 2 aliphatic heterocycles. The number of hydrogen-bond acceptors (Lipinski definition) is 3. The number of amides is 1. The molecule has 0 unspecified atom stereocenters. The number of nitrogens with zero attached hydrogens (tertiary/aromatic N) is 2. The molecule has 0 atom stereocenters. The molecular weight excluding hydrogens is 266 g/mol. The van der Waals surface area contributed by atoms with Crippen LogP contribution < -0.4 is 0 Å². The third-order valence-corrected chi connectivity index (χ3v) is 4.05. The Morgan fingerprint density at radius 1 is 1.15 bits per heavy atom. The average Bonchev–Trinajstić information content (AvgIpc) is 2.44. The predicted octanol–water partition coefficient (Wildman–Crippen LogP) is 2.58. The van der Waals surface area contributed by atoms with Gasteiger partial charge in [-0.25, -0.2) is 13.6 Å². The third-order valence-electron chi connectivity index (χ3n) is 4.05. The lowest BCUT2D eigenvalue weighted by Crippen LogP contribution is -2.66. The Morgan fingerprint density at radius 3 is 2.10 bits per heavy atom. The zero-order chi connectivity index (χ0) is 15.3. The van der Waals surface area contributed by atoms with E-state index >= 15 is 0 Å². The second-order valence-electron chi connectivity index (χ2n) is 7.32. The number of ether oxygens (including phenoxy) is 1. The maximum atomic E-state index is 14.2. The van der Waals surface area contributed by atoms with Gasteiger partial charge in [0, 0.05) is 25.7 Å². The second-order valence-corrected chi connectivity index (χ2v) is 7.32. The summed E-state index contributed by atoms with van der Waals surface area (Å²) in [6.07, 6.45) is -0.498. The van der Waals surface area contributed by atoms with Crippen molar-refractivity contribution < 1.29 is 18.3 Å². The summed E-state index contributed by atoms with van der Waals surface area (Å²) in [5.41, 5.74) is -1.68. The van der Waals surface area contributed by atoms with E-state index in [1.165, 1.54) is 4.90 Å². The molecule has 1 spiro atoms. The van der Waals surface area contributed by atoms with Crippen LogP contribution in [-0.4, -0.2) is 59.6 Å². The van der Waals surface area contributed by atoms with E-state index in [1.807, 2.05) is 13.8 Å². The first-order valence-electron chi connectivity index (χ1n) is 7.06. The maximum Gasteiger partial charge on any atom is 0.410 e. The van der Waals surface area contributed by atoms with Crippen molar-refractivity contribution in [2.45, 2.75) is 52.2 Å². The van der Waals surface area contributed by atoms with Crippen LogP contribution in [0.5, 0.6) is 0 Å². The molecule has 20 heavy (non-hydrogen) atoms. The fraction of sp³-hybridized carbons (Fsp3) is 0.929. The second kappa shape index (κ2) is 4.55. The molecule has 0 aliphatic carbocycles. The molecule has 0 aromatic carbocycles. The number of hydrogen-bond donors (Lipinski definition) is 0. The minimum absolute atomic E-state index is 0.0815.